The van der Waals surface area contributed by atoms with Gasteiger partial charge in [-0.15, -0.1) is 0 Å². The second-order valence-corrected chi connectivity index (χ2v) is 7.38. The summed E-state index contributed by atoms with van der Waals surface area (Å²) in [6.45, 7) is 5.53. The Kier molecular flexibility index (Phi) is 17.9. The summed E-state index contributed by atoms with van der Waals surface area (Å²) < 4.78 is -0.338. The molecule has 1 amide bonds. The average Bonchev–Trinajstić information content (AvgIpc) is 2.66. The van der Waals surface area contributed by atoms with Gasteiger partial charge >= 0.3 is 24.8 Å². The third-order valence-corrected chi connectivity index (χ3v) is 5.26. The molecule has 0 rings (SSSR count). The molecule has 0 spiro atoms. The summed E-state index contributed by atoms with van der Waals surface area (Å²) in [4.78, 5) is 36.0. The predicted molar refractivity (Wildman–Crippen MR) is 109 cm³/mol. The largest absolute Gasteiger partial charge is 1.00 e. The van der Waals surface area contributed by atoms with Gasteiger partial charge in [0.2, 0.25) is 5.91 Å². The molecule has 3 atom stereocenters. The number of rotatable bonds is 17. The molecule has 0 aromatic carbocycles. The van der Waals surface area contributed by atoms with Crippen LogP contribution in [0.4, 0.5) is 0 Å². The Balaban J connectivity index is 0. The number of carbonyl (C=O) groups is 3. The van der Waals surface area contributed by atoms with E-state index in [1.165, 1.54) is 6.08 Å². The number of allylic oxidation sites excluding steroid dienone is 1. The van der Waals surface area contributed by atoms with Crippen LogP contribution in [0.15, 0.2) is 12.2 Å². The van der Waals surface area contributed by atoms with E-state index in [4.69, 9.17) is 0 Å². The maximum atomic E-state index is 12.0. The summed E-state index contributed by atoms with van der Waals surface area (Å²) in [6.07, 6.45) is 7.65. The van der Waals surface area contributed by atoms with Crippen LogP contribution in [0, 0.1) is 0 Å². The standard InChI is InChI=1S/C21H38N2O6.Li/c1-4-7-8-9-12-19(25)22-13-14-23(15-16-24,17(10-5-2)20(26)27)18(11-6-3)21(28)29;/h9,12,17-18,24H,4-8,10-11,13-16H2,1-3H3,(H2-,22,25,26,27,28,29);/q;+1/b12-9+;. The number of carbonyl (C=O) groups excluding carboxylic acids is 2. The molecule has 0 aromatic heterocycles. The van der Waals surface area contributed by atoms with Crippen LogP contribution in [0.1, 0.15) is 65.7 Å². The summed E-state index contributed by atoms with van der Waals surface area (Å²) in [5, 5.41) is 34.1. The Morgan fingerprint density at radius 2 is 1.63 bits per heavy atom. The fourth-order valence-electron chi connectivity index (χ4n) is 3.83. The van der Waals surface area contributed by atoms with Crippen molar-refractivity contribution in [1.82, 2.24) is 5.32 Å². The zero-order valence-corrected chi connectivity index (χ0v) is 19.1. The maximum absolute atomic E-state index is 12.0. The molecular formula is C21H38LiN2O6+. The fourth-order valence-corrected chi connectivity index (χ4v) is 3.83. The molecule has 0 aromatic rings. The molecule has 0 fully saturated rings. The number of nitrogens with zero attached hydrogens (tertiary/aromatic N) is 1. The van der Waals surface area contributed by atoms with Crippen LogP contribution in [0.2, 0.25) is 0 Å². The molecule has 0 aliphatic rings. The van der Waals surface area contributed by atoms with Crippen molar-refractivity contribution in [3.05, 3.63) is 12.2 Å². The summed E-state index contributed by atoms with van der Waals surface area (Å²) in [5.41, 5.74) is 0. The minimum absolute atomic E-state index is 0. The first-order valence-corrected chi connectivity index (χ1v) is 10.7. The predicted octanol–water partition coefficient (Wildman–Crippen LogP) is -2.17. The molecule has 0 heterocycles. The van der Waals surface area contributed by atoms with Gasteiger partial charge in [-0.2, -0.15) is 0 Å². The first kappa shape index (κ1) is 30.9. The van der Waals surface area contributed by atoms with Crippen molar-refractivity contribution in [2.75, 3.05) is 26.2 Å². The zero-order chi connectivity index (χ0) is 22.3. The van der Waals surface area contributed by atoms with E-state index in [9.17, 15) is 29.7 Å². The van der Waals surface area contributed by atoms with Gasteiger partial charge in [0, 0.05) is 12.8 Å². The monoisotopic (exact) mass is 421 g/mol. The van der Waals surface area contributed by atoms with Crippen LogP contribution >= 0.6 is 0 Å². The summed E-state index contributed by atoms with van der Waals surface area (Å²) in [5.74, 6) is -2.73. The van der Waals surface area contributed by atoms with Gasteiger partial charge in [-0.05, 0) is 18.9 Å². The molecule has 0 aliphatic carbocycles. The Labute approximate surface area is 192 Å². The van der Waals surface area contributed by atoms with Crippen LogP contribution in [0.5, 0.6) is 0 Å². The molecule has 0 radical (unpaired) electrons. The normalized spacial score (nSPS) is 15.1. The molecule has 168 valence electrons. The van der Waals surface area contributed by atoms with E-state index in [0.717, 1.165) is 19.3 Å². The average molecular weight is 421 g/mol. The molecule has 0 aliphatic heterocycles. The van der Waals surface area contributed by atoms with Crippen molar-refractivity contribution in [1.29, 1.82) is 0 Å². The van der Waals surface area contributed by atoms with E-state index < -0.39 is 24.0 Å². The maximum Gasteiger partial charge on any atom is 1.00 e. The number of amides is 1. The third kappa shape index (κ3) is 10.1. The smallest absolute Gasteiger partial charge is 0.544 e. The van der Waals surface area contributed by atoms with E-state index in [1.807, 2.05) is 13.8 Å². The fraction of sp³-hybridized carbons (Fsp3) is 0.762. The Hall–Kier alpha value is -1.33. The molecule has 0 saturated carbocycles. The SMILES string of the molecule is CCCC/C=C/C(=O)NCC[N+](CCO)(C(CCC)C(=O)[O-])C(CCC)C(=O)O.[Li+]. The van der Waals surface area contributed by atoms with E-state index in [2.05, 4.69) is 12.2 Å². The number of aliphatic hydroxyl groups is 1. The van der Waals surface area contributed by atoms with E-state index in [-0.39, 0.29) is 68.3 Å². The van der Waals surface area contributed by atoms with Gasteiger partial charge in [-0.25, -0.2) is 4.79 Å². The number of carboxylic acid groups (broad SMARTS) is 2. The number of quaternary nitrogens is 1. The Morgan fingerprint density at radius 1 is 1.03 bits per heavy atom. The van der Waals surface area contributed by atoms with Gasteiger partial charge in [0.1, 0.15) is 12.6 Å². The van der Waals surface area contributed by atoms with Crippen LogP contribution in [0.3, 0.4) is 0 Å². The minimum Gasteiger partial charge on any atom is -0.544 e. The van der Waals surface area contributed by atoms with E-state index >= 15 is 0 Å². The van der Waals surface area contributed by atoms with Crippen molar-refractivity contribution in [3.63, 3.8) is 0 Å². The second kappa shape index (κ2) is 17.4. The van der Waals surface area contributed by atoms with Crippen molar-refractivity contribution >= 4 is 17.8 Å². The van der Waals surface area contributed by atoms with E-state index in [0.29, 0.717) is 12.8 Å². The number of hydrogen-bond donors (Lipinski definition) is 3. The van der Waals surface area contributed by atoms with Gasteiger partial charge in [-0.3, -0.25) is 4.79 Å². The molecule has 0 saturated heterocycles. The molecule has 30 heavy (non-hydrogen) atoms. The van der Waals surface area contributed by atoms with E-state index in [1.54, 1.807) is 6.08 Å². The van der Waals surface area contributed by atoms with Crippen LogP contribution in [-0.4, -0.2) is 70.9 Å². The second-order valence-electron chi connectivity index (χ2n) is 7.38. The number of unbranched alkanes of at least 4 members (excludes halogenated alkanes) is 2. The van der Waals surface area contributed by atoms with Gasteiger partial charge < -0.3 is 29.9 Å². The van der Waals surface area contributed by atoms with Crippen molar-refractivity contribution in [2.45, 2.75) is 77.8 Å². The number of hydrogen-bond acceptors (Lipinski definition) is 5. The van der Waals surface area contributed by atoms with Crippen molar-refractivity contribution in [2.24, 2.45) is 0 Å². The first-order valence-electron chi connectivity index (χ1n) is 10.7. The summed E-state index contributed by atoms with van der Waals surface area (Å²) in [7, 11) is 0. The van der Waals surface area contributed by atoms with Crippen LogP contribution < -0.4 is 29.3 Å². The molecule has 3 unspecified atom stereocenters. The van der Waals surface area contributed by atoms with Gasteiger partial charge in [0.05, 0.1) is 25.7 Å². The Morgan fingerprint density at radius 3 is 2.10 bits per heavy atom. The summed E-state index contributed by atoms with van der Waals surface area (Å²) in [6, 6.07) is -2.07. The summed E-state index contributed by atoms with van der Waals surface area (Å²) >= 11 is 0. The molecule has 8 nitrogen and oxygen atoms in total. The molecule has 9 heteroatoms. The number of nitrogens with one attached hydrogen (secondary N) is 1. The molecule has 0 bridgehead atoms. The number of aliphatic carboxylic acids is 2. The molecule has 3 N–H and O–H groups in total. The van der Waals surface area contributed by atoms with Crippen molar-refractivity contribution in [3.8, 4) is 0 Å². The van der Waals surface area contributed by atoms with Gasteiger partial charge in [-0.1, -0.05) is 46.1 Å². The topological polar surface area (TPSA) is 127 Å². The minimum atomic E-state index is -1.33. The van der Waals surface area contributed by atoms with Crippen LogP contribution in [-0.2, 0) is 14.4 Å². The first-order chi connectivity index (χ1) is 13.8. The molecular weight excluding hydrogens is 383 g/mol. The van der Waals surface area contributed by atoms with Crippen LogP contribution in [0.25, 0.3) is 0 Å². The number of carboxylic acids is 2. The van der Waals surface area contributed by atoms with Gasteiger partial charge in [0.25, 0.3) is 0 Å². The van der Waals surface area contributed by atoms with Crippen molar-refractivity contribution < 1.29 is 53.0 Å². The third-order valence-electron chi connectivity index (χ3n) is 5.26. The Bertz CT molecular complexity index is 518. The number of aliphatic hydroxyl groups excluding tert-OH is 1. The van der Waals surface area contributed by atoms with Gasteiger partial charge in [0.15, 0.2) is 6.04 Å². The quantitative estimate of drug-likeness (QED) is 0.106. The zero-order valence-electron chi connectivity index (χ0n) is 19.1.